The minimum atomic E-state index is -0.808. The molecular formula is C17H14ClNO3. The van der Waals surface area contributed by atoms with Crippen LogP contribution < -0.4 is 4.74 Å². The lowest BCUT2D eigenvalue weighted by Gasteiger charge is -2.12. The van der Waals surface area contributed by atoms with Gasteiger partial charge in [0.25, 0.3) is 0 Å². The van der Waals surface area contributed by atoms with Crippen molar-refractivity contribution in [2.24, 2.45) is 0 Å². The van der Waals surface area contributed by atoms with E-state index in [2.05, 4.69) is 0 Å². The zero-order chi connectivity index (χ0) is 15.9. The number of esters is 1. The van der Waals surface area contributed by atoms with Crippen LogP contribution in [0.1, 0.15) is 22.8 Å². The van der Waals surface area contributed by atoms with Crippen LogP contribution in [0.3, 0.4) is 0 Å². The van der Waals surface area contributed by atoms with Crippen molar-refractivity contribution in [2.45, 2.75) is 19.6 Å². The Morgan fingerprint density at radius 3 is 2.59 bits per heavy atom. The summed E-state index contributed by atoms with van der Waals surface area (Å²) in [5.41, 5.74) is 1.22. The van der Waals surface area contributed by atoms with Crippen LogP contribution in [0.4, 0.5) is 0 Å². The van der Waals surface area contributed by atoms with Crippen LogP contribution in [0.25, 0.3) is 0 Å². The maximum absolute atomic E-state index is 12.0. The van der Waals surface area contributed by atoms with Gasteiger partial charge in [0, 0.05) is 5.02 Å². The molecule has 22 heavy (non-hydrogen) atoms. The molecule has 0 aliphatic carbocycles. The molecular weight excluding hydrogens is 302 g/mol. The third-order valence-corrected chi connectivity index (χ3v) is 3.13. The molecule has 112 valence electrons. The Kier molecular flexibility index (Phi) is 5.40. The fraction of sp³-hybridized carbons (Fsp3) is 0.176. The molecule has 2 aromatic carbocycles. The summed E-state index contributed by atoms with van der Waals surface area (Å²) in [7, 11) is 0. The van der Waals surface area contributed by atoms with Crippen LogP contribution in [-0.4, -0.2) is 12.1 Å². The van der Waals surface area contributed by atoms with Crippen molar-refractivity contribution in [2.75, 3.05) is 0 Å². The van der Waals surface area contributed by atoms with Gasteiger partial charge in [0.2, 0.25) is 0 Å². The average molecular weight is 316 g/mol. The molecule has 0 aromatic heterocycles. The van der Waals surface area contributed by atoms with Gasteiger partial charge in [0.05, 0.1) is 0 Å². The first-order chi connectivity index (χ1) is 10.6. The molecule has 2 rings (SSSR count). The predicted molar refractivity (Wildman–Crippen MR) is 82.7 cm³/mol. The maximum atomic E-state index is 12.0. The number of rotatable bonds is 5. The number of hydrogen-bond donors (Lipinski definition) is 0. The van der Waals surface area contributed by atoms with E-state index in [1.165, 1.54) is 6.92 Å². The Hall–Kier alpha value is -2.51. The second-order valence-corrected chi connectivity index (χ2v) is 5.02. The van der Waals surface area contributed by atoms with E-state index in [-0.39, 0.29) is 0 Å². The highest BCUT2D eigenvalue weighted by Crippen LogP contribution is 2.21. The summed E-state index contributed by atoms with van der Waals surface area (Å²) in [6.07, 6.45) is -0.808. The number of benzene rings is 2. The number of para-hydroxylation sites is 1. The van der Waals surface area contributed by atoms with Gasteiger partial charge in [0.15, 0.2) is 6.10 Å². The smallest absolute Gasteiger partial charge is 0.343 e. The van der Waals surface area contributed by atoms with Gasteiger partial charge in [-0.2, -0.15) is 5.26 Å². The largest absolute Gasteiger partial charge is 0.488 e. The maximum Gasteiger partial charge on any atom is 0.343 e. The fourth-order valence-corrected chi connectivity index (χ4v) is 1.88. The normalized spacial score (nSPS) is 11.3. The SMILES string of the molecule is C[C@H](C#N)OC(=O)c1ccccc1OCc1ccc(Cl)cc1. The quantitative estimate of drug-likeness (QED) is 0.783. The van der Waals surface area contributed by atoms with Gasteiger partial charge in [-0.3, -0.25) is 0 Å². The van der Waals surface area contributed by atoms with Gasteiger partial charge in [-0.25, -0.2) is 4.79 Å². The summed E-state index contributed by atoms with van der Waals surface area (Å²) in [6.45, 7) is 1.81. The molecule has 0 aliphatic rings. The molecule has 0 saturated carbocycles. The first-order valence-electron chi connectivity index (χ1n) is 6.67. The van der Waals surface area contributed by atoms with Crippen molar-refractivity contribution in [3.8, 4) is 11.8 Å². The number of hydrogen-bond acceptors (Lipinski definition) is 4. The van der Waals surface area contributed by atoms with Crippen LogP contribution in [0.15, 0.2) is 48.5 Å². The molecule has 0 aliphatic heterocycles. The molecule has 0 bridgehead atoms. The van der Waals surface area contributed by atoms with E-state index in [0.29, 0.717) is 22.9 Å². The molecule has 4 nitrogen and oxygen atoms in total. The highest BCUT2D eigenvalue weighted by molar-refractivity contribution is 6.30. The zero-order valence-corrected chi connectivity index (χ0v) is 12.7. The summed E-state index contributed by atoms with van der Waals surface area (Å²) in [4.78, 5) is 12.0. The Bertz CT molecular complexity index is 692. The summed E-state index contributed by atoms with van der Waals surface area (Å²) in [6, 6.07) is 15.9. The van der Waals surface area contributed by atoms with Gasteiger partial charge in [-0.1, -0.05) is 35.9 Å². The van der Waals surface area contributed by atoms with Gasteiger partial charge >= 0.3 is 5.97 Å². The summed E-state index contributed by atoms with van der Waals surface area (Å²) in [5.74, 6) is -0.173. The van der Waals surface area contributed by atoms with Crippen LogP contribution in [0.2, 0.25) is 5.02 Å². The van der Waals surface area contributed by atoms with Crippen LogP contribution in [0.5, 0.6) is 5.75 Å². The Labute approximate surface area is 133 Å². The Morgan fingerprint density at radius 2 is 1.91 bits per heavy atom. The molecule has 0 saturated heterocycles. The summed E-state index contributed by atoms with van der Waals surface area (Å²) < 4.78 is 10.7. The van der Waals surface area contributed by atoms with Gasteiger partial charge < -0.3 is 9.47 Å². The second-order valence-electron chi connectivity index (χ2n) is 4.59. The van der Waals surface area contributed by atoms with Gasteiger partial charge in [0.1, 0.15) is 24.0 Å². The molecule has 0 N–H and O–H groups in total. The number of ether oxygens (including phenoxy) is 2. The lowest BCUT2D eigenvalue weighted by molar-refractivity contribution is 0.0430. The third-order valence-electron chi connectivity index (χ3n) is 2.88. The average Bonchev–Trinajstić information content (AvgIpc) is 2.54. The topological polar surface area (TPSA) is 59.3 Å². The third kappa shape index (κ3) is 4.24. The lowest BCUT2D eigenvalue weighted by atomic mass is 10.2. The molecule has 5 heteroatoms. The minimum absolute atomic E-state index is 0.290. The minimum Gasteiger partial charge on any atom is -0.488 e. The van der Waals surface area contributed by atoms with Crippen molar-refractivity contribution >= 4 is 17.6 Å². The van der Waals surface area contributed by atoms with Crippen LogP contribution in [-0.2, 0) is 11.3 Å². The predicted octanol–water partition coefficient (Wildman–Crippen LogP) is 3.99. The van der Waals surface area contributed by atoms with E-state index < -0.39 is 12.1 Å². The molecule has 0 amide bonds. The Morgan fingerprint density at radius 1 is 1.23 bits per heavy atom. The van der Waals surface area contributed by atoms with E-state index in [1.54, 1.807) is 36.4 Å². The lowest BCUT2D eigenvalue weighted by Crippen LogP contribution is -2.14. The first-order valence-corrected chi connectivity index (χ1v) is 7.05. The summed E-state index contributed by atoms with van der Waals surface area (Å²) >= 11 is 5.83. The van der Waals surface area contributed by atoms with Crippen LogP contribution in [0, 0.1) is 11.3 Å². The number of nitrogens with zero attached hydrogens (tertiary/aromatic N) is 1. The number of nitriles is 1. The van der Waals surface area contributed by atoms with Crippen molar-refractivity contribution in [1.82, 2.24) is 0 Å². The molecule has 0 heterocycles. The fourth-order valence-electron chi connectivity index (χ4n) is 1.75. The molecule has 0 radical (unpaired) electrons. The number of carbonyl (C=O) groups is 1. The van der Waals surface area contributed by atoms with E-state index in [9.17, 15) is 4.79 Å². The van der Waals surface area contributed by atoms with Gasteiger partial charge in [-0.15, -0.1) is 0 Å². The molecule has 2 aromatic rings. The first kappa shape index (κ1) is 15.9. The van der Waals surface area contributed by atoms with Crippen molar-refractivity contribution in [3.05, 3.63) is 64.7 Å². The van der Waals surface area contributed by atoms with Crippen molar-refractivity contribution < 1.29 is 14.3 Å². The monoisotopic (exact) mass is 315 g/mol. The highest BCUT2D eigenvalue weighted by atomic mass is 35.5. The van der Waals surface area contributed by atoms with Crippen molar-refractivity contribution in [3.63, 3.8) is 0 Å². The zero-order valence-electron chi connectivity index (χ0n) is 12.0. The number of halogens is 1. The van der Waals surface area contributed by atoms with E-state index in [1.807, 2.05) is 18.2 Å². The van der Waals surface area contributed by atoms with E-state index in [4.69, 9.17) is 26.3 Å². The highest BCUT2D eigenvalue weighted by Gasteiger charge is 2.16. The van der Waals surface area contributed by atoms with Gasteiger partial charge in [-0.05, 0) is 36.8 Å². The molecule has 1 atom stereocenters. The van der Waals surface area contributed by atoms with E-state index in [0.717, 1.165) is 5.56 Å². The Balaban J connectivity index is 2.09. The standard InChI is InChI=1S/C17H14ClNO3/c1-12(10-19)22-17(20)15-4-2-3-5-16(15)21-11-13-6-8-14(18)9-7-13/h2-9,12H,11H2,1H3/t12-/m1/s1. The second kappa shape index (κ2) is 7.48. The molecule has 0 unspecified atom stereocenters. The molecule has 0 spiro atoms. The van der Waals surface area contributed by atoms with Crippen molar-refractivity contribution in [1.29, 1.82) is 5.26 Å². The summed E-state index contributed by atoms with van der Waals surface area (Å²) in [5, 5.41) is 9.36. The molecule has 0 fully saturated rings. The number of carbonyl (C=O) groups excluding carboxylic acids is 1. The van der Waals surface area contributed by atoms with Crippen LogP contribution >= 0.6 is 11.6 Å². The van der Waals surface area contributed by atoms with E-state index >= 15 is 0 Å².